The highest BCUT2D eigenvalue weighted by Gasteiger charge is 2.22. The molecule has 3 aromatic rings. The Morgan fingerprint density at radius 2 is 2.26 bits per heavy atom. The average molecular weight is 366 g/mol. The molecule has 3 aromatic heterocycles. The van der Waals surface area contributed by atoms with Gasteiger partial charge >= 0.3 is 0 Å². The molecule has 9 heteroatoms. The van der Waals surface area contributed by atoms with E-state index in [1.54, 1.807) is 25.8 Å². The van der Waals surface area contributed by atoms with Gasteiger partial charge in [-0.3, -0.25) is 4.98 Å². The van der Waals surface area contributed by atoms with Gasteiger partial charge in [-0.2, -0.15) is 0 Å². The van der Waals surface area contributed by atoms with Gasteiger partial charge in [0.25, 0.3) is 0 Å². The predicted octanol–water partition coefficient (Wildman–Crippen LogP) is 1.55. The van der Waals surface area contributed by atoms with E-state index in [-0.39, 0.29) is 6.04 Å². The van der Waals surface area contributed by atoms with E-state index in [1.807, 2.05) is 23.6 Å². The van der Waals surface area contributed by atoms with Crippen LogP contribution in [0.5, 0.6) is 0 Å². The number of pyridine rings is 1. The molecule has 1 atom stereocenters. The Labute approximate surface area is 157 Å². The van der Waals surface area contributed by atoms with Crippen molar-refractivity contribution in [3.05, 3.63) is 47.9 Å². The molecule has 0 aromatic carbocycles. The Morgan fingerprint density at radius 1 is 1.33 bits per heavy atom. The van der Waals surface area contributed by atoms with E-state index >= 15 is 0 Å². The summed E-state index contributed by atoms with van der Waals surface area (Å²) in [6.45, 7) is 4.84. The minimum absolute atomic E-state index is 0.0642. The fraction of sp³-hybridized carbons (Fsp3) is 0.389. The van der Waals surface area contributed by atoms with Crippen molar-refractivity contribution in [2.24, 2.45) is 0 Å². The number of ether oxygens (including phenoxy) is 1. The van der Waals surface area contributed by atoms with E-state index in [9.17, 15) is 0 Å². The van der Waals surface area contributed by atoms with Gasteiger partial charge in [-0.1, -0.05) is 0 Å². The van der Waals surface area contributed by atoms with Crippen LogP contribution >= 0.6 is 0 Å². The van der Waals surface area contributed by atoms with E-state index in [4.69, 9.17) is 14.7 Å². The van der Waals surface area contributed by atoms with Crippen molar-refractivity contribution in [3.8, 4) is 11.4 Å². The Kier molecular flexibility index (Phi) is 5.03. The maximum absolute atomic E-state index is 5.16. The van der Waals surface area contributed by atoms with Gasteiger partial charge in [0.2, 0.25) is 0 Å². The third-order valence-electron chi connectivity index (χ3n) is 4.53. The number of rotatable bonds is 7. The standard InChI is InChI=1S/C18H22N8O/c1-12(18-25-21-11-26(18)6-7-27-2)22-17-14-9-20-10-15(14)23-16(24-17)13-4-3-5-19-8-13/h3-5,8,11-12,20H,6-7,9-10H2,1-2H3,(H,22,23,24)/t12-/m0/s1. The molecule has 2 N–H and O–H groups in total. The van der Waals surface area contributed by atoms with Crippen LogP contribution in [0.1, 0.15) is 30.0 Å². The SMILES string of the molecule is COCCn1cnnc1[C@H](C)Nc1nc(-c2cccnc2)nc2c1CNC2. The zero-order valence-corrected chi connectivity index (χ0v) is 15.4. The maximum Gasteiger partial charge on any atom is 0.163 e. The molecule has 0 saturated heterocycles. The summed E-state index contributed by atoms with van der Waals surface area (Å²) in [5.74, 6) is 2.33. The summed E-state index contributed by atoms with van der Waals surface area (Å²) in [6.07, 6.45) is 5.24. The van der Waals surface area contributed by atoms with E-state index in [2.05, 4.69) is 25.8 Å². The zero-order chi connectivity index (χ0) is 18.6. The smallest absolute Gasteiger partial charge is 0.163 e. The van der Waals surface area contributed by atoms with Gasteiger partial charge in [-0.05, 0) is 19.1 Å². The first-order chi connectivity index (χ1) is 13.3. The van der Waals surface area contributed by atoms with Crippen LogP contribution in [0.2, 0.25) is 0 Å². The molecule has 0 radical (unpaired) electrons. The third-order valence-corrected chi connectivity index (χ3v) is 4.53. The lowest BCUT2D eigenvalue weighted by Crippen LogP contribution is -2.17. The first kappa shape index (κ1) is 17.5. The first-order valence-corrected chi connectivity index (χ1v) is 8.90. The fourth-order valence-corrected chi connectivity index (χ4v) is 3.14. The number of nitrogens with one attached hydrogen (secondary N) is 2. The highest BCUT2D eigenvalue weighted by Crippen LogP contribution is 2.27. The van der Waals surface area contributed by atoms with Gasteiger partial charge in [0.05, 0.1) is 18.3 Å². The Balaban J connectivity index is 1.64. The van der Waals surface area contributed by atoms with E-state index in [0.717, 1.165) is 41.6 Å². The summed E-state index contributed by atoms with van der Waals surface area (Å²) in [7, 11) is 1.68. The van der Waals surface area contributed by atoms with Gasteiger partial charge in [-0.25, -0.2) is 9.97 Å². The quantitative estimate of drug-likeness (QED) is 0.649. The molecule has 27 heavy (non-hydrogen) atoms. The topological polar surface area (TPSA) is 103 Å². The van der Waals surface area contributed by atoms with Gasteiger partial charge < -0.3 is 19.9 Å². The highest BCUT2D eigenvalue weighted by atomic mass is 16.5. The lowest BCUT2D eigenvalue weighted by Gasteiger charge is -2.18. The predicted molar refractivity (Wildman–Crippen MR) is 99.7 cm³/mol. The molecule has 0 saturated carbocycles. The Morgan fingerprint density at radius 3 is 3.07 bits per heavy atom. The minimum Gasteiger partial charge on any atom is -0.383 e. The number of aromatic nitrogens is 6. The van der Waals surface area contributed by atoms with Crippen LogP contribution in [0.15, 0.2) is 30.9 Å². The van der Waals surface area contributed by atoms with Crippen molar-refractivity contribution in [2.45, 2.75) is 32.6 Å². The molecule has 0 spiro atoms. The molecule has 9 nitrogen and oxygen atoms in total. The number of hydrogen-bond donors (Lipinski definition) is 2. The molecule has 0 unspecified atom stereocenters. The first-order valence-electron chi connectivity index (χ1n) is 8.90. The normalized spacial score (nSPS) is 14.1. The molecule has 1 aliphatic rings. The Bertz CT molecular complexity index is 911. The van der Waals surface area contributed by atoms with Crippen LogP contribution in [-0.2, 0) is 24.4 Å². The van der Waals surface area contributed by atoms with Gasteiger partial charge in [0, 0.05) is 50.3 Å². The molecular formula is C18H22N8O. The van der Waals surface area contributed by atoms with Crippen LogP contribution in [0, 0.1) is 0 Å². The van der Waals surface area contributed by atoms with E-state index in [0.29, 0.717) is 19.0 Å². The van der Waals surface area contributed by atoms with E-state index in [1.165, 1.54) is 0 Å². The van der Waals surface area contributed by atoms with Crippen molar-refractivity contribution in [1.82, 2.24) is 35.0 Å². The molecule has 4 heterocycles. The lowest BCUT2D eigenvalue weighted by atomic mass is 10.2. The largest absolute Gasteiger partial charge is 0.383 e. The zero-order valence-electron chi connectivity index (χ0n) is 15.4. The summed E-state index contributed by atoms with van der Waals surface area (Å²) in [5.41, 5.74) is 3.00. The summed E-state index contributed by atoms with van der Waals surface area (Å²) < 4.78 is 7.15. The van der Waals surface area contributed by atoms with Crippen LogP contribution < -0.4 is 10.6 Å². The molecule has 0 amide bonds. The number of hydrogen-bond acceptors (Lipinski definition) is 8. The van der Waals surface area contributed by atoms with E-state index < -0.39 is 0 Å². The van der Waals surface area contributed by atoms with Crippen LogP contribution in [0.3, 0.4) is 0 Å². The number of nitrogens with zero attached hydrogens (tertiary/aromatic N) is 6. The average Bonchev–Trinajstić information content (AvgIpc) is 3.36. The molecule has 0 bridgehead atoms. The van der Waals surface area contributed by atoms with Gasteiger partial charge in [0.15, 0.2) is 11.6 Å². The number of fused-ring (bicyclic) bond motifs is 1. The summed E-state index contributed by atoms with van der Waals surface area (Å²) in [6, 6.07) is 3.79. The second-order valence-corrected chi connectivity index (χ2v) is 6.41. The molecule has 140 valence electrons. The second kappa shape index (κ2) is 7.77. The van der Waals surface area contributed by atoms with Crippen molar-refractivity contribution < 1.29 is 4.74 Å². The fourth-order valence-electron chi connectivity index (χ4n) is 3.14. The Hall–Kier alpha value is -2.91. The van der Waals surface area contributed by atoms with Crippen LogP contribution in [0.25, 0.3) is 11.4 Å². The molecule has 4 rings (SSSR count). The van der Waals surface area contributed by atoms with Gasteiger partial charge in [0.1, 0.15) is 12.1 Å². The molecular weight excluding hydrogens is 344 g/mol. The van der Waals surface area contributed by atoms with Crippen molar-refractivity contribution in [1.29, 1.82) is 0 Å². The van der Waals surface area contributed by atoms with Crippen molar-refractivity contribution in [3.63, 3.8) is 0 Å². The molecule has 0 aliphatic carbocycles. The number of anilines is 1. The third kappa shape index (κ3) is 3.64. The summed E-state index contributed by atoms with van der Waals surface area (Å²) >= 11 is 0. The van der Waals surface area contributed by atoms with Crippen molar-refractivity contribution in [2.75, 3.05) is 19.0 Å². The van der Waals surface area contributed by atoms with Gasteiger partial charge in [-0.15, -0.1) is 10.2 Å². The second-order valence-electron chi connectivity index (χ2n) is 6.41. The monoisotopic (exact) mass is 366 g/mol. The highest BCUT2D eigenvalue weighted by molar-refractivity contribution is 5.60. The lowest BCUT2D eigenvalue weighted by molar-refractivity contribution is 0.186. The number of methoxy groups -OCH3 is 1. The molecule has 0 fully saturated rings. The maximum atomic E-state index is 5.16. The summed E-state index contributed by atoms with van der Waals surface area (Å²) in [5, 5.41) is 15.1. The molecule has 1 aliphatic heterocycles. The van der Waals surface area contributed by atoms with Crippen LogP contribution in [-0.4, -0.2) is 43.4 Å². The van der Waals surface area contributed by atoms with Crippen molar-refractivity contribution >= 4 is 5.82 Å². The minimum atomic E-state index is -0.0642. The van der Waals surface area contributed by atoms with Crippen LogP contribution in [0.4, 0.5) is 5.82 Å². The summed E-state index contributed by atoms with van der Waals surface area (Å²) in [4.78, 5) is 13.7.